The Hall–Kier alpha value is -3.14. The summed E-state index contributed by atoms with van der Waals surface area (Å²) in [4.78, 5) is 37.0. The summed E-state index contributed by atoms with van der Waals surface area (Å²) in [6.45, 7) is 9.37. The highest BCUT2D eigenvalue weighted by Crippen LogP contribution is 2.30. The predicted octanol–water partition coefficient (Wildman–Crippen LogP) is 7.13. The molecule has 3 rings (SSSR count). The molecule has 0 saturated heterocycles. The van der Waals surface area contributed by atoms with Crippen LogP contribution in [0.2, 0.25) is 0 Å². The first kappa shape index (κ1) is 32.4. The van der Waals surface area contributed by atoms with E-state index in [0.717, 1.165) is 61.9 Å². The summed E-state index contributed by atoms with van der Waals surface area (Å²) in [6.07, 6.45) is 11.3. The number of carbonyl (C=O) groups is 2. The summed E-state index contributed by atoms with van der Waals surface area (Å²) in [5, 5.41) is 16.0. The van der Waals surface area contributed by atoms with E-state index in [1.54, 1.807) is 6.20 Å². The maximum Gasteiger partial charge on any atom is 0.316 e. The molecule has 1 aromatic carbocycles. The Morgan fingerprint density at radius 3 is 2.41 bits per heavy atom. The Morgan fingerprint density at radius 2 is 1.76 bits per heavy atom. The molecule has 1 amide bonds. The third-order valence-corrected chi connectivity index (χ3v) is 8.82. The minimum atomic E-state index is -0.798. The number of hydrogen-bond donors (Lipinski definition) is 2. The fourth-order valence-corrected chi connectivity index (χ4v) is 6.00. The number of fused-ring (bicyclic) bond motifs is 1. The van der Waals surface area contributed by atoms with Crippen LogP contribution in [0.5, 0.6) is 5.88 Å². The lowest BCUT2D eigenvalue weighted by Gasteiger charge is -2.28. The SMILES string of the molecule is CCCCN(C(=O)C(CCCC(CC)CC)COc1ncnc2cn[nH]c12)c1ccc(SC(CCC)C(=O)O)cc1. The largest absolute Gasteiger partial charge is 0.480 e. The Kier molecular flexibility index (Phi) is 13.4. The number of nitrogens with one attached hydrogen (secondary N) is 1. The van der Waals surface area contributed by atoms with E-state index in [9.17, 15) is 14.7 Å². The molecule has 2 aromatic heterocycles. The van der Waals surface area contributed by atoms with Gasteiger partial charge in [0.25, 0.3) is 0 Å². The highest BCUT2D eigenvalue weighted by molar-refractivity contribution is 8.00. The minimum absolute atomic E-state index is 0.0349. The number of unbranched alkanes of at least 4 members (excludes halogenated alkanes) is 1. The zero-order chi connectivity index (χ0) is 29.6. The number of rotatable bonds is 19. The van der Waals surface area contributed by atoms with Gasteiger partial charge >= 0.3 is 5.97 Å². The molecule has 2 heterocycles. The maximum atomic E-state index is 14.1. The van der Waals surface area contributed by atoms with E-state index < -0.39 is 11.2 Å². The van der Waals surface area contributed by atoms with Crippen LogP contribution in [0.1, 0.15) is 85.5 Å². The van der Waals surface area contributed by atoms with Gasteiger partial charge in [-0.3, -0.25) is 14.7 Å². The van der Waals surface area contributed by atoms with Crippen LogP contribution < -0.4 is 9.64 Å². The Bertz CT molecular complexity index is 1210. The lowest BCUT2D eigenvalue weighted by molar-refractivity contribution is -0.136. The van der Waals surface area contributed by atoms with Gasteiger partial charge in [-0.25, -0.2) is 4.98 Å². The second kappa shape index (κ2) is 17.0. The fraction of sp³-hybridized carbons (Fsp3) is 0.581. The standard InChI is InChI=1S/C31H45N5O4S/c1-5-9-18-36(24-14-16-25(17-15-24)41-27(11-6-2)31(38)39)30(37)23(13-10-12-22(7-3)8-4)20-40-29-28-26(19-34-35-28)32-21-33-29/h14-17,19,21-23,27H,5-13,18,20H2,1-4H3,(H,34,35)(H,38,39). The van der Waals surface area contributed by atoms with Gasteiger partial charge in [0.15, 0.2) is 0 Å². The summed E-state index contributed by atoms with van der Waals surface area (Å²) in [5.41, 5.74) is 2.10. The van der Waals surface area contributed by atoms with Gasteiger partial charge < -0.3 is 14.7 Å². The molecule has 224 valence electrons. The van der Waals surface area contributed by atoms with Crippen molar-refractivity contribution < 1.29 is 19.4 Å². The summed E-state index contributed by atoms with van der Waals surface area (Å²) in [6, 6.07) is 7.71. The highest BCUT2D eigenvalue weighted by Gasteiger charge is 2.27. The van der Waals surface area contributed by atoms with Gasteiger partial charge in [-0.15, -0.1) is 11.8 Å². The number of carbonyl (C=O) groups excluding carboxylic acids is 1. The van der Waals surface area contributed by atoms with Crippen LogP contribution in [0.3, 0.4) is 0 Å². The number of nitrogens with zero attached hydrogens (tertiary/aromatic N) is 4. The zero-order valence-electron chi connectivity index (χ0n) is 24.8. The summed E-state index contributed by atoms with van der Waals surface area (Å²) in [5.74, 6) is -0.0570. The molecule has 0 aliphatic rings. The molecule has 41 heavy (non-hydrogen) atoms. The van der Waals surface area contributed by atoms with Crippen molar-refractivity contribution >= 4 is 40.4 Å². The first-order valence-electron chi connectivity index (χ1n) is 15.0. The van der Waals surface area contributed by atoms with Crippen LogP contribution in [-0.4, -0.2) is 55.5 Å². The molecule has 0 radical (unpaired) electrons. The van der Waals surface area contributed by atoms with Crippen LogP contribution in [0.25, 0.3) is 11.0 Å². The number of aromatic amines is 1. The molecule has 2 unspecified atom stereocenters. The van der Waals surface area contributed by atoms with E-state index in [-0.39, 0.29) is 18.4 Å². The normalized spacial score (nSPS) is 12.9. The van der Waals surface area contributed by atoms with E-state index in [2.05, 4.69) is 40.9 Å². The van der Waals surface area contributed by atoms with E-state index in [0.29, 0.717) is 35.8 Å². The number of thioether (sulfide) groups is 1. The van der Waals surface area contributed by atoms with Gasteiger partial charge in [-0.05, 0) is 49.4 Å². The topological polar surface area (TPSA) is 121 Å². The first-order valence-corrected chi connectivity index (χ1v) is 15.9. The number of carboxylic acids is 1. The first-order chi connectivity index (χ1) is 19.9. The van der Waals surface area contributed by atoms with Crippen LogP contribution >= 0.6 is 11.8 Å². The second-order valence-electron chi connectivity index (χ2n) is 10.5. The number of benzene rings is 1. The quantitative estimate of drug-likeness (QED) is 0.143. The number of aromatic nitrogens is 4. The Morgan fingerprint density at radius 1 is 1.00 bits per heavy atom. The number of carboxylic acid groups (broad SMARTS) is 1. The summed E-state index contributed by atoms with van der Waals surface area (Å²) >= 11 is 1.36. The number of ether oxygens (including phenoxy) is 1. The lowest BCUT2D eigenvalue weighted by atomic mass is 9.93. The van der Waals surface area contributed by atoms with Crippen molar-refractivity contribution in [3.8, 4) is 5.88 Å². The highest BCUT2D eigenvalue weighted by atomic mass is 32.2. The molecule has 2 N–H and O–H groups in total. The third-order valence-electron chi connectivity index (χ3n) is 7.55. The lowest BCUT2D eigenvalue weighted by Crippen LogP contribution is -2.39. The van der Waals surface area contributed by atoms with E-state index >= 15 is 0 Å². The van der Waals surface area contributed by atoms with Crippen molar-refractivity contribution in [2.75, 3.05) is 18.1 Å². The van der Waals surface area contributed by atoms with Crippen molar-refractivity contribution in [2.45, 2.75) is 95.6 Å². The smallest absolute Gasteiger partial charge is 0.316 e. The molecule has 0 spiro atoms. The average Bonchev–Trinajstić information content (AvgIpc) is 3.47. The second-order valence-corrected chi connectivity index (χ2v) is 11.8. The molecule has 10 heteroatoms. The molecular weight excluding hydrogens is 538 g/mol. The van der Waals surface area contributed by atoms with Crippen molar-refractivity contribution in [3.63, 3.8) is 0 Å². The van der Waals surface area contributed by atoms with Crippen molar-refractivity contribution in [1.82, 2.24) is 20.2 Å². The van der Waals surface area contributed by atoms with Gasteiger partial charge in [-0.1, -0.05) is 66.2 Å². The van der Waals surface area contributed by atoms with Crippen LogP contribution in [0.4, 0.5) is 5.69 Å². The van der Waals surface area contributed by atoms with Gasteiger partial charge in [0, 0.05) is 17.1 Å². The van der Waals surface area contributed by atoms with Gasteiger partial charge in [0.05, 0.1) is 12.1 Å². The number of H-pyrrole nitrogens is 1. The Labute approximate surface area is 247 Å². The molecule has 2 atom stereocenters. The number of hydrogen-bond acceptors (Lipinski definition) is 7. The molecule has 0 saturated carbocycles. The molecule has 0 bridgehead atoms. The Balaban J connectivity index is 1.81. The van der Waals surface area contributed by atoms with Crippen LogP contribution in [-0.2, 0) is 9.59 Å². The minimum Gasteiger partial charge on any atom is -0.480 e. The van der Waals surface area contributed by atoms with Crippen molar-refractivity contribution in [2.24, 2.45) is 11.8 Å². The average molecular weight is 584 g/mol. The molecule has 0 aliphatic carbocycles. The molecule has 9 nitrogen and oxygen atoms in total. The number of aliphatic carboxylic acids is 1. The van der Waals surface area contributed by atoms with Crippen molar-refractivity contribution in [1.29, 1.82) is 0 Å². The molecule has 0 aliphatic heterocycles. The number of anilines is 1. The summed E-state index contributed by atoms with van der Waals surface area (Å²) < 4.78 is 6.14. The number of amides is 1. The van der Waals surface area contributed by atoms with E-state index in [4.69, 9.17) is 4.74 Å². The zero-order valence-corrected chi connectivity index (χ0v) is 25.7. The van der Waals surface area contributed by atoms with Gasteiger partial charge in [-0.2, -0.15) is 10.1 Å². The summed E-state index contributed by atoms with van der Waals surface area (Å²) in [7, 11) is 0. The predicted molar refractivity (Wildman–Crippen MR) is 164 cm³/mol. The van der Waals surface area contributed by atoms with Gasteiger partial charge in [0.1, 0.15) is 29.2 Å². The van der Waals surface area contributed by atoms with Crippen LogP contribution in [0, 0.1) is 11.8 Å². The van der Waals surface area contributed by atoms with E-state index in [1.165, 1.54) is 18.1 Å². The van der Waals surface area contributed by atoms with Gasteiger partial charge in [0.2, 0.25) is 11.8 Å². The molecule has 3 aromatic rings. The maximum absolute atomic E-state index is 14.1. The fourth-order valence-electron chi connectivity index (χ4n) is 4.93. The van der Waals surface area contributed by atoms with Crippen molar-refractivity contribution in [3.05, 3.63) is 36.8 Å². The van der Waals surface area contributed by atoms with E-state index in [1.807, 2.05) is 36.1 Å². The molecular formula is C31H45N5O4S. The van der Waals surface area contributed by atoms with Crippen LogP contribution in [0.15, 0.2) is 41.7 Å². The molecule has 0 fully saturated rings. The monoisotopic (exact) mass is 583 g/mol. The third kappa shape index (κ3) is 9.45.